The quantitative estimate of drug-likeness (QED) is 0.741. The van der Waals surface area contributed by atoms with Gasteiger partial charge in [-0.3, -0.25) is 4.79 Å². The van der Waals surface area contributed by atoms with Crippen molar-refractivity contribution in [1.82, 2.24) is 0 Å². The Morgan fingerprint density at radius 2 is 2.20 bits per heavy atom. The molecule has 0 spiro atoms. The van der Waals surface area contributed by atoms with E-state index in [1.165, 1.54) is 24.3 Å². The number of halogens is 1. The second-order valence-electron chi connectivity index (χ2n) is 3.30. The third-order valence-corrected chi connectivity index (χ3v) is 2.00. The number of nitrogen functional groups attached to an aromatic ring is 1. The van der Waals surface area contributed by atoms with Crippen molar-refractivity contribution in [1.29, 1.82) is 0 Å². The second kappa shape index (κ2) is 4.59. The number of carbonyl (C=O) groups is 1. The van der Waals surface area contributed by atoms with Gasteiger partial charge >= 0.3 is 0 Å². The summed E-state index contributed by atoms with van der Waals surface area (Å²) in [6.45, 7) is 1.73. The molecule has 0 bridgehead atoms. The molecule has 0 aliphatic carbocycles. The van der Waals surface area contributed by atoms with E-state index in [0.717, 1.165) is 0 Å². The Hall–Kier alpha value is -1.84. The molecule has 1 aromatic carbocycles. The van der Waals surface area contributed by atoms with Crippen molar-refractivity contribution >= 4 is 17.7 Å². The van der Waals surface area contributed by atoms with Crippen molar-refractivity contribution in [2.75, 3.05) is 5.73 Å². The molecule has 4 N–H and O–H groups in total. The SMILES string of the molecule is Cc1cc(F)c(C=CCC(N)=O)cc1N. The van der Waals surface area contributed by atoms with Gasteiger partial charge in [0.25, 0.3) is 0 Å². The average molecular weight is 208 g/mol. The zero-order valence-corrected chi connectivity index (χ0v) is 8.46. The molecular formula is C11H13FN2O. The Balaban J connectivity index is 2.90. The van der Waals surface area contributed by atoms with Crippen LogP contribution in [0.15, 0.2) is 18.2 Å². The molecule has 15 heavy (non-hydrogen) atoms. The topological polar surface area (TPSA) is 69.1 Å². The van der Waals surface area contributed by atoms with Crippen LogP contribution in [0, 0.1) is 12.7 Å². The molecule has 0 radical (unpaired) electrons. The van der Waals surface area contributed by atoms with Gasteiger partial charge in [0, 0.05) is 17.7 Å². The fourth-order valence-electron chi connectivity index (χ4n) is 1.14. The zero-order chi connectivity index (χ0) is 11.4. The maximum Gasteiger partial charge on any atom is 0.221 e. The molecule has 4 heteroatoms. The lowest BCUT2D eigenvalue weighted by Gasteiger charge is -2.02. The van der Waals surface area contributed by atoms with Gasteiger partial charge in [0.15, 0.2) is 0 Å². The number of benzene rings is 1. The number of hydrogen-bond acceptors (Lipinski definition) is 2. The molecule has 1 rings (SSSR count). The molecule has 0 saturated carbocycles. The highest BCUT2D eigenvalue weighted by Crippen LogP contribution is 2.18. The molecule has 0 aliphatic heterocycles. The Kier molecular flexibility index (Phi) is 3.44. The predicted molar refractivity (Wildman–Crippen MR) is 58.4 cm³/mol. The summed E-state index contributed by atoms with van der Waals surface area (Å²) in [6, 6.07) is 2.89. The van der Waals surface area contributed by atoms with E-state index in [2.05, 4.69) is 0 Å². The van der Waals surface area contributed by atoms with E-state index in [9.17, 15) is 9.18 Å². The summed E-state index contributed by atoms with van der Waals surface area (Å²) < 4.78 is 13.3. The third kappa shape index (κ3) is 3.09. The first-order valence-electron chi connectivity index (χ1n) is 4.51. The largest absolute Gasteiger partial charge is 0.398 e. The van der Waals surface area contributed by atoms with Crippen LogP contribution in [-0.4, -0.2) is 5.91 Å². The van der Waals surface area contributed by atoms with Gasteiger partial charge in [-0.25, -0.2) is 4.39 Å². The van der Waals surface area contributed by atoms with Crippen LogP contribution in [0.1, 0.15) is 17.5 Å². The maximum absolute atomic E-state index is 13.3. The summed E-state index contributed by atoms with van der Waals surface area (Å²) in [4.78, 5) is 10.4. The van der Waals surface area contributed by atoms with Gasteiger partial charge in [0.2, 0.25) is 5.91 Å². The number of amides is 1. The van der Waals surface area contributed by atoms with Crippen LogP contribution in [0.3, 0.4) is 0 Å². The number of anilines is 1. The standard InChI is InChI=1S/C11H13FN2O/c1-7-5-9(12)8(6-10(7)13)3-2-4-11(14)15/h2-3,5-6H,4,13H2,1H3,(H2,14,15). The van der Waals surface area contributed by atoms with Crippen LogP contribution >= 0.6 is 0 Å². The molecule has 0 heterocycles. The first-order valence-corrected chi connectivity index (χ1v) is 4.51. The minimum atomic E-state index is -0.452. The van der Waals surface area contributed by atoms with Crippen LogP contribution in [0.25, 0.3) is 6.08 Å². The normalized spacial score (nSPS) is 10.8. The average Bonchev–Trinajstić information content (AvgIpc) is 2.13. The van der Waals surface area contributed by atoms with Gasteiger partial charge < -0.3 is 11.5 Å². The number of aryl methyl sites for hydroxylation is 1. The van der Waals surface area contributed by atoms with Crippen molar-refractivity contribution in [3.05, 3.63) is 35.2 Å². The summed E-state index contributed by atoms with van der Waals surface area (Å²) in [7, 11) is 0. The summed E-state index contributed by atoms with van der Waals surface area (Å²) in [5.74, 6) is -0.811. The van der Waals surface area contributed by atoms with Gasteiger partial charge in [-0.1, -0.05) is 12.2 Å². The molecule has 80 valence electrons. The maximum atomic E-state index is 13.3. The number of primary amides is 1. The highest BCUT2D eigenvalue weighted by molar-refractivity contribution is 5.76. The van der Waals surface area contributed by atoms with Crippen LogP contribution in [0.5, 0.6) is 0 Å². The van der Waals surface area contributed by atoms with E-state index in [1.54, 1.807) is 6.92 Å². The minimum absolute atomic E-state index is 0.0905. The third-order valence-electron chi connectivity index (χ3n) is 2.00. The number of rotatable bonds is 3. The lowest BCUT2D eigenvalue weighted by atomic mass is 10.1. The lowest BCUT2D eigenvalue weighted by Crippen LogP contribution is -2.07. The number of nitrogens with two attached hydrogens (primary N) is 2. The highest BCUT2D eigenvalue weighted by atomic mass is 19.1. The van der Waals surface area contributed by atoms with Gasteiger partial charge in [-0.2, -0.15) is 0 Å². The zero-order valence-electron chi connectivity index (χ0n) is 8.46. The van der Waals surface area contributed by atoms with Crippen molar-refractivity contribution in [2.24, 2.45) is 5.73 Å². The van der Waals surface area contributed by atoms with E-state index in [0.29, 0.717) is 16.8 Å². The minimum Gasteiger partial charge on any atom is -0.398 e. The van der Waals surface area contributed by atoms with Gasteiger partial charge in [-0.05, 0) is 24.6 Å². The van der Waals surface area contributed by atoms with Gasteiger partial charge in [0.05, 0.1) is 0 Å². The van der Waals surface area contributed by atoms with Crippen molar-refractivity contribution in [3.8, 4) is 0 Å². The first-order chi connectivity index (χ1) is 7.00. The van der Waals surface area contributed by atoms with Gasteiger partial charge in [0.1, 0.15) is 5.82 Å². The van der Waals surface area contributed by atoms with E-state index >= 15 is 0 Å². The van der Waals surface area contributed by atoms with Crippen molar-refractivity contribution < 1.29 is 9.18 Å². The van der Waals surface area contributed by atoms with Crippen LogP contribution in [-0.2, 0) is 4.79 Å². The molecule has 0 fully saturated rings. The summed E-state index contributed by atoms with van der Waals surface area (Å²) in [5, 5.41) is 0. The van der Waals surface area contributed by atoms with E-state index in [-0.39, 0.29) is 12.2 Å². The first kappa shape index (κ1) is 11.2. The molecule has 0 aliphatic rings. The number of hydrogen-bond donors (Lipinski definition) is 2. The monoisotopic (exact) mass is 208 g/mol. The second-order valence-corrected chi connectivity index (χ2v) is 3.30. The smallest absolute Gasteiger partial charge is 0.221 e. The Bertz CT molecular complexity index is 413. The molecular weight excluding hydrogens is 195 g/mol. The Morgan fingerprint density at radius 3 is 2.80 bits per heavy atom. The van der Waals surface area contributed by atoms with Crippen LogP contribution in [0.2, 0.25) is 0 Å². The molecule has 0 aromatic heterocycles. The summed E-state index contributed by atoms with van der Waals surface area (Å²) in [6.07, 6.45) is 3.10. The Morgan fingerprint density at radius 1 is 1.53 bits per heavy atom. The molecule has 3 nitrogen and oxygen atoms in total. The molecule has 0 saturated heterocycles. The lowest BCUT2D eigenvalue weighted by molar-refractivity contribution is -0.117. The molecule has 0 atom stereocenters. The van der Waals surface area contributed by atoms with E-state index in [4.69, 9.17) is 11.5 Å². The summed E-state index contributed by atoms with van der Waals surface area (Å²) in [5.41, 5.74) is 12.1. The van der Waals surface area contributed by atoms with Crippen LogP contribution < -0.4 is 11.5 Å². The fraction of sp³-hybridized carbons (Fsp3) is 0.182. The van der Waals surface area contributed by atoms with Crippen LogP contribution in [0.4, 0.5) is 10.1 Å². The Labute approximate surface area is 87.6 Å². The molecule has 1 aromatic rings. The predicted octanol–water partition coefficient (Wildman–Crippen LogP) is 1.60. The van der Waals surface area contributed by atoms with Crippen molar-refractivity contribution in [3.63, 3.8) is 0 Å². The van der Waals surface area contributed by atoms with E-state index in [1.807, 2.05) is 0 Å². The van der Waals surface area contributed by atoms with Crippen molar-refractivity contribution in [2.45, 2.75) is 13.3 Å². The molecule has 0 unspecified atom stereocenters. The molecule has 1 amide bonds. The van der Waals surface area contributed by atoms with E-state index < -0.39 is 5.91 Å². The summed E-state index contributed by atoms with van der Waals surface area (Å²) >= 11 is 0. The fourth-order valence-corrected chi connectivity index (χ4v) is 1.14. The number of carbonyl (C=O) groups excluding carboxylic acids is 1. The highest BCUT2D eigenvalue weighted by Gasteiger charge is 2.02. The van der Waals surface area contributed by atoms with Gasteiger partial charge in [-0.15, -0.1) is 0 Å².